The molecule has 0 aliphatic carbocycles. The van der Waals surface area contributed by atoms with Crippen molar-refractivity contribution in [2.45, 2.75) is 19.9 Å². The molecule has 0 heterocycles. The number of ether oxygens (including phenoxy) is 2. The third kappa shape index (κ3) is 6.05. The molecule has 0 aromatic heterocycles. The molecule has 0 aliphatic rings. The molecule has 0 aromatic rings. The zero-order chi connectivity index (χ0) is 15.1. The molecule has 2 amide bonds. The van der Waals surface area contributed by atoms with E-state index in [4.69, 9.17) is 5.11 Å². The van der Waals surface area contributed by atoms with Gasteiger partial charge in [-0.25, -0.2) is 9.59 Å². The summed E-state index contributed by atoms with van der Waals surface area (Å²) in [6, 6.07) is -1.84. The van der Waals surface area contributed by atoms with Gasteiger partial charge in [0.05, 0.1) is 19.1 Å². The summed E-state index contributed by atoms with van der Waals surface area (Å²) in [6.45, 7) is 3.07. The molecule has 0 spiro atoms. The van der Waals surface area contributed by atoms with Crippen molar-refractivity contribution >= 4 is 18.0 Å². The highest BCUT2D eigenvalue weighted by Crippen LogP contribution is 2.15. The maximum atomic E-state index is 11.5. The van der Waals surface area contributed by atoms with Crippen LogP contribution in [-0.2, 0) is 19.1 Å². The van der Waals surface area contributed by atoms with Crippen molar-refractivity contribution in [1.29, 1.82) is 0 Å². The topological polar surface area (TPSA) is 114 Å². The monoisotopic (exact) mass is 276 g/mol. The Morgan fingerprint density at radius 1 is 1.26 bits per heavy atom. The summed E-state index contributed by atoms with van der Waals surface area (Å²) in [6.07, 6.45) is 0. The van der Waals surface area contributed by atoms with E-state index >= 15 is 0 Å². The van der Waals surface area contributed by atoms with E-state index in [2.05, 4.69) is 20.1 Å². The van der Waals surface area contributed by atoms with Crippen molar-refractivity contribution in [3.05, 3.63) is 0 Å². The van der Waals surface area contributed by atoms with Crippen molar-refractivity contribution in [3.63, 3.8) is 0 Å². The highest BCUT2D eigenvalue weighted by atomic mass is 16.5. The van der Waals surface area contributed by atoms with Crippen molar-refractivity contribution < 1.29 is 29.0 Å². The Hall–Kier alpha value is -1.83. The summed E-state index contributed by atoms with van der Waals surface area (Å²) in [5.41, 5.74) is -0.897. The van der Waals surface area contributed by atoms with Crippen LogP contribution in [0.15, 0.2) is 0 Å². The lowest BCUT2D eigenvalue weighted by Crippen LogP contribution is -2.50. The second-order valence-corrected chi connectivity index (χ2v) is 4.55. The predicted octanol–water partition coefficient (Wildman–Crippen LogP) is -0.416. The molecule has 0 saturated heterocycles. The van der Waals surface area contributed by atoms with Crippen molar-refractivity contribution in [1.82, 2.24) is 10.6 Å². The van der Waals surface area contributed by atoms with Crippen LogP contribution in [0.25, 0.3) is 0 Å². The molecule has 0 aliphatic heterocycles. The number of amides is 2. The Kier molecular flexibility index (Phi) is 6.84. The highest BCUT2D eigenvalue weighted by Gasteiger charge is 2.29. The number of carbonyl (C=O) groups excluding carboxylic acids is 2. The lowest BCUT2D eigenvalue weighted by molar-refractivity contribution is -0.150. The van der Waals surface area contributed by atoms with Gasteiger partial charge in [-0.05, 0) is 13.8 Å². The first-order valence-corrected chi connectivity index (χ1v) is 5.59. The fourth-order valence-electron chi connectivity index (χ4n) is 1.20. The number of carboxylic acids is 1. The van der Waals surface area contributed by atoms with Gasteiger partial charge in [-0.1, -0.05) is 0 Å². The van der Waals surface area contributed by atoms with Gasteiger partial charge in [-0.15, -0.1) is 0 Å². The fourth-order valence-corrected chi connectivity index (χ4v) is 1.20. The second kappa shape index (κ2) is 7.57. The van der Waals surface area contributed by atoms with E-state index in [0.29, 0.717) is 0 Å². The summed E-state index contributed by atoms with van der Waals surface area (Å²) in [4.78, 5) is 33.7. The summed E-state index contributed by atoms with van der Waals surface area (Å²) >= 11 is 0. The van der Waals surface area contributed by atoms with Gasteiger partial charge in [0.15, 0.2) is 6.04 Å². The molecule has 0 saturated carbocycles. The SMILES string of the molecule is COCC(NC(=O)NCC(C)(C)C(=O)OC)C(=O)O. The molecule has 0 rings (SSSR count). The Bertz CT molecular complexity index is 342. The standard InChI is InChI=1S/C11H20N2O6/c1-11(2,9(16)19-4)6-12-10(17)13-7(5-18-3)8(14)15/h7H,5-6H2,1-4H3,(H,14,15)(H2,12,13,17). The maximum absolute atomic E-state index is 11.5. The zero-order valence-electron chi connectivity index (χ0n) is 11.5. The van der Waals surface area contributed by atoms with Crippen LogP contribution in [0.3, 0.4) is 0 Å². The quantitative estimate of drug-likeness (QED) is 0.544. The zero-order valence-corrected chi connectivity index (χ0v) is 11.5. The van der Waals surface area contributed by atoms with Crippen LogP contribution >= 0.6 is 0 Å². The van der Waals surface area contributed by atoms with Crippen molar-refractivity contribution in [2.75, 3.05) is 27.4 Å². The predicted molar refractivity (Wildman–Crippen MR) is 65.6 cm³/mol. The van der Waals surface area contributed by atoms with E-state index in [9.17, 15) is 14.4 Å². The first-order chi connectivity index (χ1) is 8.74. The third-order valence-corrected chi connectivity index (χ3v) is 2.37. The van der Waals surface area contributed by atoms with Gasteiger partial charge in [0.2, 0.25) is 0 Å². The molecular formula is C11H20N2O6. The smallest absolute Gasteiger partial charge is 0.328 e. The molecule has 8 nitrogen and oxygen atoms in total. The summed E-state index contributed by atoms with van der Waals surface area (Å²) in [5.74, 6) is -1.68. The highest BCUT2D eigenvalue weighted by molar-refractivity contribution is 5.83. The van der Waals surface area contributed by atoms with Crippen LogP contribution in [0.4, 0.5) is 4.79 Å². The number of urea groups is 1. The molecular weight excluding hydrogens is 256 g/mol. The van der Waals surface area contributed by atoms with Crippen LogP contribution in [-0.4, -0.2) is 56.5 Å². The minimum atomic E-state index is -1.20. The minimum absolute atomic E-state index is 0.0187. The molecule has 3 N–H and O–H groups in total. The van der Waals surface area contributed by atoms with Crippen LogP contribution in [0.5, 0.6) is 0 Å². The Balaban J connectivity index is 4.31. The van der Waals surface area contributed by atoms with Gasteiger partial charge in [-0.2, -0.15) is 0 Å². The van der Waals surface area contributed by atoms with Crippen molar-refractivity contribution in [2.24, 2.45) is 5.41 Å². The average Bonchev–Trinajstić information content (AvgIpc) is 2.34. The van der Waals surface area contributed by atoms with Crippen LogP contribution in [0.1, 0.15) is 13.8 Å². The number of hydrogen-bond donors (Lipinski definition) is 3. The number of methoxy groups -OCH3 is 2. The Morgan fingerprint density at radius 2 is 1.84 bits per heavy atom. The molecule has 0 aromatic carbocycles. The van der Waals surface area contributed by atoms with Gasteiger partial charge in [0.25, 0.3) is 0 Å². The Morgan fingerprint density at radius 3 is 2.26 bits per heavy atom. The van der Waals surface area contributed by atoms with Gasteiger partial charge < -0.3 is 25.2 Å². The number of esters is 1. The molecule has 0 fully saturated rings. The molecule has 110 valence electrons. The number of carboxylic acid groups (broad SMARTS) is 1. The molecule has 19 heavy (non-hydrogen) atoms. The van der Waals surface area contributed by atoms with E-state index in [1.54, 1.807) is 13.8 Å². The largest absolute Gasteiger partial charge is 0.480 e. The maximum Gasteiger partial charge on any atom is 0.328 e. The number of rotatable bonds is 7. The lowest BCUT2D eigenvalue weighted by atomic mass is 9.94. The van der Waals surface area contributed by atoms with E-state index in [1.165, 1.54) is 14.2 Å². The van der Waals surface area contributed by atoms with Gasteiger partial charge in [0, 0.05) is 13.7 Å². The molecule has 8 heteroatoms. The third-order valence-electron chi connectivity index (χ3n) is 2.37. The summed E-state index contributed by atoms with van der Waals surface area (Å²) in [7, 11) is 2.58. The Labute approximate surface area is 111 Å². The number of aliphatic carboxylic acids is 1. The van der Waals surface area contributed by atoms with E-state index in [1.807, 2.05) is 0 Å². The van der Waals surface area contributed by atoms with Crippen LogP contribution in [0, 0.1) is 5.41 Å². The number of nitrogens with one attached hydrogen (secondary N) is 2. The second-order valence-electron chi connectivity index (χ2n) is 4.55. The summed E-state index contributed by atoms with van der Waals surface area (Å²) in [5, 5.41) is 13.4. The average molecular weight is 276 g/mol. The van der Waals surface area contributed by atoms with E-state index in [-0.39, 0.29) is 13.2 Å². The van der Waals surface area contributed by atoms with Gasteiger partial charge in [-0.3, -0.25) is 4.79 Å². The van der Waals surface area contributed by atoms with Crippen molar-refractivity contribution in [3.8, 4) is 0 Å². The van der Waals surface area contributed by atoms with E-state index in [0.717, 1.165) is 0 Å². The lowest BCUT2D eigenvalue weighted by Gasteiger charge is -2.22. The molecule has 1 unspecified atom stereocenters. The minimum Gasteiger partial charge on any atom is -0.480 e. The first-order valence-electron chi connectivity index (χ1n) is 5.59. The molecule has 0 bridgehead atoms. The normalized spacial score (nSPS) is 12.4. The molecule has 0 radical (unpaired) electrons. The number of hydrogen-bond acceptors (Lipinski definition) is 5. The molecule has 1 atom stereocenters. The van der Waals surface area contributed by atoms with E-state index < -0.39 is 29.4 Å². The van der Waals surface area contributed by atoms with Crippen LogP contribution in [0.2, 0.25) is 0 Å². The fraction of sp³-hybridized carbons (Fsp3) is 0.727. The van der Waals surface area contributed by atoms with Crippen LogP contribution < -0.4 is 10.6 Å². The summed E-state index contributed by atoms with van der Waals surface area (Å²) < 4.78 is 9.25. The number of carbonyl (C=O) groups is 3. The first kappa shape index (κ1) is 17.2. The van der Waals surface area contributed by atoms with Gasteiger partial charge in [0.1, 0.15) is 0 Å². The van der Waals surface area contributed by atoms with Gasteiger partial charge >= 0.3 is 18.0 Å².